The van der Waals surface area contributed by atoms with Gasteiger partial charge >= 0.3 is 0 Å². The quantitative estimate of drug-likeness (QED) is 0.133. The van der Waals surface area contributed by atoms with Gasteiger partial charge in [-0.1, -0.05) is 74.8 Å². The van der Waals surface area contributed by atoms with E-state index < -0.39 is 14.0 Å². The molecule has 0 aliphatic carbocycles. The first-order valence-electron chi connectivity index (χ1n) is 13.4. The van der Waals surface area contributed by atoms with Gasteiger partial charge in [-0.25, -0.2) is 4.39 Å². The van der Waals surface area contributed by atoms with Crippen LogP contribution in [-0.2, 0) is 20.1 Å². The molecule has 0 aliphatic rings. The first-order valence-corrected chi connectivity index (χ1v) is 17.3. The zero-order chi connectivity index (χ0) is 28.5. The second kappa shape index (κ2) is 12.7. The van der Waals surface area contributed by atoms with Gasteiger partial charge < -0.3 is 9.97 Å². The number of benzene rings is 3. The third kappa shape index (κ3) is 6.47. The molecule has 3 aromatic carbocycles. The number of hydrogen-bond donors (Lipinski definition) is 0. The molecule has 0 saturated heterocycles. The molecular weight excluding hydrogens is 708 g/mol. The summed E-state index contributed by atoms with van der Waals surface area (Å²) in [5, 5.41) is 3.72. The van der Waals surface area contributed by atoms with Crippen LogP contribution >= 0.6 is 11.3 Å². The minimum atomic E-state index is -1.50. The summed E-state index contributed by atoms with van der Waals surface area (Å²) in [6.45, 7) is 10.8. The molecule has 0 fully saturated rings. The number of fused-ring (bicyclic) bond motifs is 3. The Morgan fingerprint density at radius 3 is 2.27 bits per heavy atom. The fraction of sp³-hybridized carbons (Fsp3) is 0.176. The van der Waals surface area contributed by atoms with E-state index in [1.54, 1.807) is 17.4 Å². The van der Waals surface area contributed by atoms with E-state index in [2.05, 4.69) is 66.0 Å². The zero-order valence-electron chi connectivity index (χ0n) is 24.2. The maximum absolute atomic E-state index is 13.0. The molecule has 0 unspecified atom stereocenters. The fourth-order valence-corrected chi connectivity index (χ4v) is 7.36. The van der Waals surface area contributed by atoms with Crippen LogP contribution in [0.25, 0.3) is 42.7 Å². The van der Waals surface area contributed by atoms with Crippen LogP contribution in [0.1, 0.15) is 26.7 Å². The molecule has 0 atom stereocenters. The van der Waals surface area contributed by atoms with E-state index >= 15 is 0 Å². The summed E-state index contributed by atoms with van der Waals surface area (Å²) in [7, 11) is -1.50. The van der Waals surface area contributed by atoms with Gasteiger partial charge in [-0.2, -0.15) is 11.3 Å². The molecule has 0 amide bonds. The summed E-state index contributed by atoms with van der Waals surface area (Å²) in [6.07, 6.45) is 3.23. The Morgan fingerprint density at radius 1 is 0.850 bits per heavy atom. The first kappa shape index (κ1) is 28.5. The van der Waals surface area contributed by atoms with Crippen LogP contribution in [0.3, 0.4) is 0 Å². The van der Waals surface area contributed by atoms with E-state index in [4.69, 9.17) is 1.37 Å². The van der Waals surface area contributed by atoms with Gasteiger partial charge in [0.25, 0.3) is 0 Å². The molecular formula is C34H31FIrN2SSi-2. The summed E-state index contributed by atoms with van der Waals surface area (Å²) in [5.74, 6) is -0.931. The molecule has 40 heavy (non-hydrogen) atoms. The van der Waals surface area contributed by atoms with Crippen molar-refractivity contribution >= 4 is 44.8 Å². The Bertz CT molecular complexity index is 1780. The van der Waals surface area contributed by atoms with Crippen molar-refractivity contribution < 1.29 is 25.9 Å². The SMILES string of the molecule is Fc1ccc(-c2[c-]ccc3c2sc2ccccc23)nc1.[2H]C(C)(C)c1cc(-c2[c-]cccc2)ncc1[Si](C)(C)C.[Ir]. The van der Waals surface area contributed by atoms with Gasteiger partial charge in [-0.05, 0) is 44.7 Å². The molecule has 0 bridgehead atoms. The van der Waals surface area contributed by atoms with E-state index in [1.807, 2.05) is 62.5 Å². The van der Waals surface area contributed by atoms with Gasteiger partial charge in [0.15, 0.2) is 0 Å². The Hall–Kier alpha value is -3.02. The Balaban J connectivity index is 0.000000184. The van der Waals surface area contributed by atoms with Crippen molar-refractivity contribution in [3.63, 3.8) is 0 Å². The molecule has 0 N–H and O–H groups in total. The van der Waals surface area contributed by atoms with Crippen LogP contribution in [0.15, 0.2) is 91.3 Å². The molecule has 2 nitrogen and oxygen atoms in total. The number of hydrogen-bond acceptors (Lipinski definition) is 3. The summed E-state index contributed by atoms with van der Waals surface area (Å²) >= 11 is 1.72. The molecule has 0 saturated carbocycles. The predicted molar refractivity (Wildman–Crippen MR) is 167 cm³/mol. The van der Waals surface area contributed by atoms with Gasteiger partial charge in [0, 0.05) is 32.4 Å². The third-order valence-corrected chi connectivity index (χ3v) is 9.78. The Morgan fingerprint density at radius 2 is 1.60 bits per heavy atom. The van der Waals surface area contributed by atoms with Crippen molar-refractivity contribution in [3.8, 4) is 22.5 Å². The first-order chi connectivity index (χ1) is 19.0. The van der Waals surface area contributed by atoms with Crippen molar-refractivity contribution in [1.29, 1.82) is 0 Å². The zero-order valence-corrected chi connectivity index (χ0v) is 27.4. The number of rotatable bonds is 4. The molecule has 6 aromatic rings. The maximum atomic E-state index is 13.0. The van der Waals surface area contributed by atoms with E-state index in [0.717, 1.165) is 32.8 Å². The maximum Gasteiger partial charge on any atom is 0.139 e. The van der Waals surface area contributed by atoms with Crippen LogP contribution in [0.4, 0.5) is 4.39 Å². The van der Waals surface area contributed by atoms with Crippen molar-refractivity contribution in [3.05, 3.63) is 115 Å². The molecule has 3 heterocycles. The van der Waals surface area contributed by atoms with Crippen molar-refractivity contribution in [1.82, 2.24) is 9.97 Å². The number of aromatic nitrogens is 2. The van der Waals surface area contributed by atoms with E-state index in [9.17, 15) is 4.39 Å². The third-order valence-electron chi connectivity index (χ3n) is 6.56. The largest absolute Gasteiger partial charge is 0.305 e. The average molecular weight is 740 g/mol. The van der Waals surface area contributed by atoms with E-state index in [1.165, 1.54) is 32.9 Å². The molecule has 1 radical (unpaired) electrons. The predicted octanol–water partition coefficient (Wildman–Crippen LogP) is 9.27. The minimum Gasteiger partial charge on any atom is -0.305 e. The summed E-state index contributed by atoms with van der Waals surface area (Å²) in [5.41, 5.74) is 4.68. The normalized spacial score (nSPS) is 11.9. The van der Waals surface area contributed by atoms with Gasteiger partial charge in [0.05, 0.1) is 14.3 Å². The fourth-order valence-electron chi connectivity index (χ4n) is 4.57. The van der Waals surface area contributed by atoms with Crippen LogP contribution < -0.4 is 5.19 Å². The molecule has 0 spiro atoms. The summed E-state index contributed by atoms with van der Waals surface area (Å²) in [4.78, 5) is 8.78. The van der Waals surface area contributed by atoms with E-state index in [-0.39, 0.29) is 25.9 Å². The van der Waals surface area contributed by atoms with Gasteiger partial charge in [-0.15, -0.1) is 59.7 Å². The summed E-state index contributed by atoms with van der Waals surface area (Å²) < 4.78 is 23.8. The van der Waals surface area contributed by atoms with Gasteiger partial charge in [-0.3, -0.25) is 0 Å². The monoisotopic (exact) mass is 740 g/mol. The van der Waals surface area contributed by atoms with Gasteiger partial charge in [0.2, 0.25) is 0 Å². The standard InChI is InChI=1S/C17H9FNS.C17H22NSi.Ir/c18-11-8-9-15(19-10-11)14-6-3-5-13-12-4-1-2-7-16(12)20-17(13)14;1-13(2)15-11-16(14-9-7-6-8-10-14)18-12-17(15)19(3,4)5;/h1-5,7-10H;6-9,11-13H,1-5H3;/q2*-1;/i;13D;. The molecule has 205 valence electrons. The minimum absolute atomic E-state index is 0. The average Bonchev–Trinajstić information content (AvgIpc) is 3.32. The molecule has 6 rings (SSSR count). The molecule has 3 aromatic heterocycles. The summed E-state index contributed by atoms with van der Waals surface area (Å²) in [6, 6.07) is 31.8. The van der Waals surface area contributed by atoms with Crippen LogP contribution in [0.5, 0.6) is 0 Å². The van der Waals surface area contributed by atoms with E-state index in [0.29, 0.717) is 0 Å². The second-order valence-corrected chi connectivity index (χ2v) is 16.8. The number of halogens is 1. The Kier molecular flexibility index (Phi) is 9.02. The molecule has 6 heteroatoms. The number of nitrogens with zero attached hydrogens (tertiary/aromatic N) is 2. The van der Waals surface area contributed by atoms with Gasteiger partial charge in [0.1, 0.15) is 5.82 Å². The number of pyridine rings is 2. The van der Waals surface area contributed by atoms with Crippen LogP contribution in [-0.4, -0.2) is 18.0 Å². The van der Waals surface area contributed by atoms with Crippen molar-refractivity contribution in [2.75, 3.05) is 0 Å². The number of thiophene rings is 1. The topological polar surface area (TPSA) is 25.8 Å². The van der Waals surface area contributed by atoms with Crippen LogP contribution in [0.2, 0.25) is 19.6 Å². The second-order valence-electron chi connectivity index (χ2n) is 10.7. The smallest absolute Gasteiger partial charge is 0.139 e. The van der Waals surface area contributed by atoms with Crippen LogP contribution in [0, 0.1) is 17.9 Å². The molecule has 0 aliphatic heterocycles. The van der Waals surface area contributed by atoms with Crippen molar-refractivity contribution in [2.24, 2.45) is 0 Å². The van der Waals surface area contributed by atoms with Crippen molar-refractivity contribution in [2.45, 2.75) is 39.4 Å². The Labute approximate surface area is 256 Å².